The first-order valence-electron chi connectivity index (χ1n) is 12.2. The molecule has 0 unspecified atom stereocenters. The highest BCUT2D eigenvalue weighted by Crippen LogP contribution is 2.35. The first kappa shape index (κ1) is 22.7. The molecule has 0 radical (unpaired) electrons. The highest BCUT2D eigenvalue weighted by atomic mass is 16.3. The van der Waals surface area contributed by atoms with Crippen LogP contribution in [0.4, 0.5) is 11.8 Å². The second-order valence-electron chi connectivity index (χ2n) is 8.90. The fraction of sp³-hybridized carbons (Fsp3) is 0.100. The Morgan fingerprint density at radius 2 is 1.51 bits per heavy atom. The number of aryl methyl sites for hydroxylation is 1. The number of imidazole rings is 1. The first-order chi connectivity index (χ1) is 18.2. The van der Waals surface area contributed by atoms with Crippen LogP contribution in [0.25, 0.3) is 16.7 Å². The van der Waals surface area contributed by atoms with E-state index in [1.807, 2.05) is 90.5 Å². The molecule has 0 aliphatic carbocycles. The Kier molecular flexibility index (Phi) is 5.96. The summed E-state index contributed by atoms with van der Waals surface area (Å²) in [6, 6.07) is 31.9. The lowest BCUT2D eigenvalue weighted by molar-refractivity contribution is 0.220. The van der Waals surface area contributed by atoms with Gasteiger partial charge in [0.15, 0.2) is 0 Å². The minimum atomic E-state index is -0.894. The Balaban J connectivity index is 1.52. The van der Waals surface area contributed by atoms with Crippen LogP contribution >= 0.6 is 0 Å². The molecule has 3 heterocycles. The average molecular weight is 487 g/mol. The quantitative estimate of drug-likeness (QED) is 0.298. The van der Waals surface area contributed by atoms with Crippen LogP contribution in [0.2, 0.25) is 0 Å². The van der Waals surface area contributed by atoms with E-state index in [9.17, 15) is 5.11 Å². The van der Waals surface area contributed by atoms with Gasteiger partial charge in [-0.3, -0.25) is 4.98 Å². The van der Waals surface area contributed by atoms with Gasteiger partial charge in [-0.05, 0) is 54.4 Å². The number of nitrogens with zero attached hydrogens (tertiary/aromatic N) is 5. The maximum Gasteiger partial charge on any atom is 0.209 e. The number of rotatable bonds is 7. The van der Waals surface area contributed by atoms with Gasteiger partial charge in [0.2, 0.25) is 5.95 Å². The highest BCUT2D eigenvalue weighted by molar-refractivity contribution is 5.80. The second kappa shape index (κ2) is 9.72. The number of hydrogen-bond donors (Lipinski definition) is 2. The van der Waals surface area contributed by atoms with Gasteiger partial charge < -0.3 is 15.0 Å². The summed E-state index contributed by atoms with van der Waals surface area (Å²) in [6.45, 7) is 2.56. The van der Waals surface area contributed by atoms with E-state index < -0.39 is 6.10 Å². The zero-order valence-electron chi connectivity index (χ0n) is 20.4. The van der Waals surface area contributed by atoms with Gasteiger partial charge in [0.25, 0.3) is 0 Å². The summed E-state index contributed by atoms with van der Waals surface area (Å²) < 4.78 is 3.99. The van der Waals surface area contributed by atoms with E-state index in [2.05, 4.69) is 33.1 Å². The van der Waals surface area contributed by atoms with Gasteiger partial charge >= 0.3 is 0 Å². The van der Waals surface area contributed by atoms with E-state index in [0.717, 1.165) is 28.0 Å². The van der Waals surface area contributed by atoms with Crippen molar-refractivity contribution in [2.75, 3.05) is 5.32 Å². The predicted octanol–water partition coefficient (Wildman–Crippen LogP) is 5.80. The topological polar surface area (TPSA) is 80.8 Å². The number of fused-ring (bicyclic) bond motifs is 1. The fourth-order valence-electron chi connectivity index (χ4n) is 4.66. The molecule has 7 nitrogen and oxygen atoms in total. The Morgan fingerprint density at radius 1 is 0.838 bits per heavy atom. The molecule has 6 aromatic rings. The van der Waals surface area contributed by atoms with Gasteiger partial charge in [0, 0.05) is 12.4 Å². The first-order valence-corrected chi connectivity index (χ1v) is 12.2. The smallest absolute Gasteiger partial charge is 0.209 e. The molecule has 0 aliphatic heterocycles. The van der Waals surface area contributed by atoms with Crippen molar-refractivity contribution in [2.45, 2.75) is 19.6 Å². The molecule has 3 aromatic carbocycles. The van der Waals surface area contributed by atoms with E-state index in [-0.39, 0.29) is 0 Å². The van der Waals surface area contributed by atoms with Crippen LogP contribution in [0.3, 0.4) is 0 Å². The molecule has 6 rings (SSSR count). The zero-order chi connectivity index (χ0) is 25.2. The Labute approximate surface area is 214 Å². The molecule has 7 heteroatoms. The highest BCUT2D eigenvalue weighted by Gasteiger charge is 2.25. The molecule has 0 aliphatic rings. The van der Waals surface area contributed by atoms with Crippen LogP contribution in [0.5, 0.6) is 0 Å². The van der Waals surface area contributed by atoms with E-state index in [4.69, 9.17) is 10.1 Å². The number of aliphatic hydroxyl groups excluding tert-OH is 1. The Bertz CT molecular complexity index is 1640. The summed E-state index contributed by atoms with van der Waals surface area (Å²) in [5, 5.41) is 19.9. The minimum Gasteiger partial charge on any atom is -0.383 e. The van der Waals surface area contributed by atoms with Crippen LogP contribution in [0, 0.1) is 6.92 Å². The van der Waals surface area contributed by atoms with Gasteiger partial charge in [-0.2, -0.15) is 5.10 Å². The molecule has 2 N–H and O–H groups in total. The Morgan fingerprint density at radius 3 is 2.27 bits per heavy atom. The third kappa shape index (κ3) is 4.37. The second-order valence-corrected chi connectivity index (χ2v) is 8.90. The molecular weight excluding hydrogens is 460 g/mol. The van der Waals surface area contributed by atoms with Crippen molar-refractivity contribution in [1.29, 1.82) is 0 Å². The van der Waals surface area contributed by atoms with Gasteiger partial charge in [-0.25, -0.2) is 9.67 Å². The van der Waals surface area contributed by atoms with Crippen molar-refractivity contribution in [3.8, 4) is 5.69 Å². The number of nitrogens with one attached hydrogen (secondary N) is 1. The number of benzene rings is 3. The minimum absolute atomic E-state index is 0.643. The third-order valence-corrected chi connectivity index (χ3v) is 6.47. The molecular formula is C30H26N6O. The summed E-state index contributed by atoms with van der Waals surface area (Å²) in [4.78, 5) is 9.04. The van der Waals surface area contributed by atoms with Crippen LogP contribution in [-0.4, -0.2) is 29.4 Å². The van der Waals surface area contributed by atoms with E-state index >= 15 is 0 Å². The standard InChI is InChI=1S/C30H26N6O/c1-21-27(28(37)23-16-18-31-19-17-23)29(36(34-21)24-12-6-3-7-13-24)33-30-32-25-14-8-9-15-26(25)35(30)20-22-10-4-2-5-11-22/h2-19,28,37H,20H2,1H3,(H,32,33)/t28-/m0/s1. The molecule has 0 amide bonds. The lowest BCUT2D eigenvalue weighted by Gasteiger charge is -2.17. The largest absolute Gasteiger partial charge is 0.383 e. The molecule has 3 aromatic heterocycles. The lowest BCUT2D eigenvalue weighted by Crippen LogP contribution is -2.11. The number of aliphatic hydroxyl groups is 1. The maximum atomic E-state index is 11.5. The summed E-state index contributed by atoms with van der Waals surface area (Å²) in [5.74, 6) is 1.34. The molecule has 0 spiro atoms. The molecule has 182 valence electrons. The Hall–Kier alpha value is -4.75. The average Bonchev–Trinajstić information content (AvgIpc) is 3.46. The molecule has 0 saturated heterocycles. The van der Waals surface area contributed by atoms with Crippen molar-refractivity contribution < 1.29 is 5.11 Å². The summed E-state index contributed by atoms with van der Waals surface area (Å²) >= 11 is 0. The normalized spacial score (nSPS) is 12.1. The van der Waals surface area contributed by atoms with Crippen molar-refractivity contribution in [3.05, 3.63) is 132 Å². The molecule has 37 heavy (non-hydrogen) atoms. The van der Waals surface area contributed by atoms with Crippen LogP contribution in [-0.2, 0) is 6.54 Å². The number of pyridine rings is 1. The van der Waals surface area contributed by atoms with Crippen LogP contribution < -0.4 is 5.32 Å². The molecule has 1 atom stereocenters. The fourth-order valence-corrected chi connectivity index (χ4v) is 4.66. The van der Waals surface area contributed by atoms with Crippen molar-refractivity contribution >= 4 is 22.8 Å². The van der Waals surface area contributed by atoms with E-state index in [0.29, 0.717) is 23.9 Å². The summed E-state index contributed by atoms with van der Waals surface area (Å²) in [6.07, 6.45) is 2.47. The van der Waals surface area contributed by atoms with E-state index in [1.165, 1.54) is 5.56 Å². The van der Waals surface area contributed by atoms with Crippen molar-refractivity contribution in [2.24, 2.45) is 0 Å². The summed E-state index contributed by atoms with van der Waals surface area (Å²) in [7, 11) is 0. The number of anilines is 2. The van der Waals surface area contributed by atoms with Crippen molar-refractivity contribution in [1.82, 2.24) is 24.3 Å². The number of aromatic nitrogens is 5. The molecule has 0 saturated carbocycles. The van der Waals surface area contributed by atoms with E-state index in [1.54, 1.807) is 12.4 Å². The molecule has 0 bridgehead atoms. The summed E-state index contributed by atoms with van der Waals surface area (Å²) in [5.41, 5.74) is 6.11. The van der Waals surface area contributed by atoms with Gasteiger partial charge in [-0.15, -0.1) is 0 Å². The third-order valence-electron chi connectivity index (χ3n) is 6.47. The van der Waals surface area contributed by atoms with Gasteiger partial charge in [0.05, 0.1) is 34.5 Å². The van der Waals surface area contributed by atoms with Crippen LogP contribution in [0.1, 0.15) is 28.5 Å². The maximum absolute atomic E-state index is 11.5. The zero-order valence-corrected chi connectivity index (χ0v) is 20.4. The van der Waals surface area contributed by atoms with Crippen molar-refractivity contribution in [3.63, 3.8) is 0 Å². The number of para-hydroxylation sites is 3. The predicted molar refractivity (Wildman–Crippen MR) is 145 cm³/mol. The SMILES string of the molecule is Cc1nn(-c2ccccc2)c(Nc2nc3ccccc3n2Cc2ccccc2)c1[C@@H](O)c1ccncc1. The lowest BCUT2D eigenvalue weighted by atomic mass is 10.0. The monoisotopic (exact) mass is 486 g/mol. The molecule has 0 fully saturated rings. The van der Waals surface area contributed by atoms with Gasteiger partial charge in [0.1, 0.15) is 11.9 Å². The number of hydrogen-bond acceptors (Lipinski definition) is 5. The van der Waals surface area contributed by atoms with Gasteiger partial charge in [-0.1, -0.05) is 60.7 Å². The van der Waals surface area contributed by atoms with Crippen LogP contribution in [0.15, 0.2) is 109 Å².